The summed E-state index contributed by atoms with van der Waals surface area (Å²) in [5, 5.41) is 4.73. The zero-order chi connectivity index (χ0) is 31.8. The normalized spacial score (nSPS) is 16.5. The maximum Gasteiger partial charge on any atom is 0.416 e. The first-order valence-corrected chi connectivity index (χ1v) is 14.1. The third kappa shape index (κ3) is 5.61. The van der Waals surface area contributed by atoms with Gasteiger partial charge in [-0.25, -0.2) is 13.9 Å². The second kappa shape index (κ2) is 12.1. The molecule has 44 heavy (non-hydrogen) atoms. The molecule has 0 spiro atoms. The number of ketones is 1. The number of rotatable bonds is 8. The Labute approximate surface area is 251 Å². The molecule has 0 saturated heterocycles. The molecule has 0 radical (unpaired) electrons. The number of carbonyl (C=O) groups is 3. The molecule has 3 aromatic carbocycles. The van der Waals surface area contributed by atoms with Gasteiger partial charge in [0.2, 0.25) is 5.91 Å². The highest BCUT2D eigenvalue weighted by atomic mass is 19.4. The van der Waals surface area contributed by atoms with E-state index in [-0.39, 0.29) is 24.3 Å². The van der Waals surface area contributed by atoms with Gasteiger partial charge in [-0.1, -0.05) is 36.4 Å². The number of halogens is 4. The number of aryl methyl sites for hydroxylation is 1. The summed E-state index contributed by atoms with van der Waals surface area (Å²) in [6.45, 7) is 5.32. The monoisotopic (exact) mass is 607 g/mol. The quantitative estimate of drug-likeness (QED) is 0.124. The fourth-order valence-electron chi connectivity index (χ4n) is 5.75. The molecule has 2 atom stereocenters. The highest BCUT2D eigenvalue weighted by Crippen LogP contribution is 2.47. The third-order valence-corrected chi connectivity index (χ3v) is 7.71. The number of hydrogen-bond acceptors (Lipinski definition) is 5. The molecular formula is C33H29F4N3O4. The van der Waals surface area contributed by atoms with Crippen molar-refractivity contribution in [3.05, 3.63) is 112 Å². The van der Waals surface area contributed by atoms with Crippen LogP contribution in [0.2, 0.25) is 0 Å². The first kappa shape index (κ1) is 30.7. The molecule has 11 heteroatoms. The van der Waals surface area contributed by atoms with Crippen LogP contribution in [-0.4, -0.2) is 40.6 Å². The summed E-state index contributed by atoms with van der Waals surface area (Å²) in [6.07, 6.45) is -5.10. The molecule has 1 amide bonds. The van der Waals surface area contributed by atoms with E-state index in [9.17, 15) is 31.9 Å². The topological polar surface area (TPSA) is 81.5 Å². The summed E-state index contributed by atoms with van der Waals surface area (Å²) in [4.78, 5) is 41.9. The van der Waals surface area contributed by atoms with Crippen molar-refractivity contribution in [2.45, 2.75) is 39.3 Å². The van der Waals surface area contributed by atoms with Crippen LogP contribution in [0.4, 0.5) is 23.4 Å². The van der Waals surface area contributed by atoms with Crippen molar-refractivity contribution in [2.24, 2.45) is 5.92 Å². The maximum atomic E-state index is 14.8. The Bertz CT molecular complexity index is 1730. The van der Waals surface area contributed by atoms with Gasteiger partial charge in [-0.3, -0.25) is 14.5 Å². The van der Waals surface area contributed by atoms with Crippen LogP contribution in [-0.2, 0) is 15.7 Å². The lowest BCUT2D eigenvalue weighted by Crippen LogP contribution is -2.45. The zero-order valence-electron chi connectivity index (χ0n) is 24.2. The minimum absolute atomic E-state index is 0.0110. The van der Waals surface area contributed by atoms with E-state index in [4.69, 9.17) is 9.84 Å². The molecule has 0 N–H and O–H groups in total. The number of aromatic nitrogens is 2. The van der Waals surface area contributed by atoms with Gasteiger partial charge in [-0.2, -0.15) is 18.3 Å². The number of amides is 1. The van der Waals surface area contributed by atoms with Crippen molar-refractivity contribution in [3.8, 4) is 5.69 Å². The van der Waals surface area contributed by atoms with E-state index in [0.717, 1.165) is 24.3 Å². The number of anilines is 1. The molecule has 0 saturated carbocycles. The number of hydrogen-bond donors (Lipinski definition) is 0. The molecule has 0 fully saturated rings. The Balaban J connectivity index is 1.70. The molecule has 1 aliphatic heterocycles. The summed E-state index contributed by atoms with van der Waals surface area (Å²) < 4.78 is 61.8. The molecule has 228 valence electrons. The summed E-state index contributed by atoms with van der Waals surface area (Å²) in [6, 6.07) is 17.0. The fraction of sp³-hybridized carbons (Fsp3) is 0.273. The SMILES string of the molecule is CCOC(=O)c1cc([C@H]2c3c(C)nn(-c4ccccc4)c3N(CC)C(=O)[C@H]2CC(=O)c2cccc(C(F)(F)F)c2)ccc1F. The second-order valence-electron chi connectivity index (χ2n) is 10.4. The number of fused-ring (bicyclic) bond motifs is 1. The molecule has 0 bridgehead atoms. The van der Waals surface area contributed by atoms with Crippen LogP contribution < -0.4 is 4.90 Å². The minimum Gasteiger partial charge on any atom is -0.462 e. The van der Waals surface area contributed by atoms with Crippen LogP contribution in [0.25, 0.3) is 5.69 Å². The fourth-order valence-corrected chi connectivity index (χ4v) is 5.75. The van der Waals surface area contributed by atoms with E-state index < -0.39 is 53.5 Å². The second-order valence-corrected chi connectivity index (χ2v) is 10.4. The highest BCUT2D eigenvalue weighted by molar-refractivity contribution is 6.04. The van der Waals surface area contributed by atoms with Gasteiger partial charge in [0.1, 0.15) is 11.6 Å². The van der Waals surface area contributed by atoms with Crippen molar-refractivity contribution < 1.29 is 36.7 Å². The number of esters is 1. The molecule has 4 aromatic rings. The lowest BCUT2D eigenvalue weighted by atomic mass is 9.74. The maximum absolute atomic E-state index is 14.8. The van der Waals surface area contributed by atoms with Gasteiger partial charge in [0.05, 0.1) is 35.0 Å². The van der Waals surface area contributed by atoms with Crippen LogP contribution in [0.15, 0.2) is 72.8 Å². The lowest BCUT2D eigenvalue weighted by molar-refractivity contribution is -0.137. The van der Waals surface area contributed by atoms with Gasteiger partial charge in [0.25, 0.3) is 0 Å². The van der Waals surface area contributed by atoms with Gasteiger partial charge in [-0.15, -0.1) is 0 Å². The third-order valence-electron chi connectivity index (χ3n) is 7.71. The Morgan fingerprint density at radius 1 is 0.977 bits per heavy atom. The van der Waals surface area contributed by atoms with Crippen molar-refractivity contribution in [1.29, 1.82) is 0 Å². The molecule has 1 aromatic heterocycles. The number of ether oxygens (including phenoxy) is 1. The van der Waals surface area contributed by atoms with E-state index in [1.165, 1.54) is 23.1 Å². The highest BCUT2D eigenvalue weighted by Gasteiger charge is 2.46. The summed E-state index contributed by atoms with van der Waals surface area (Å²) in [7, 11) is 0. The number of benzene rings is 3. The Morgan fingerprint density at radius 3 is 2.36 bits per heavy atom. The van der Waals surface area contributed by atoms with Gasteiger partial charge in [0.15, 0.2) is 5.78 Å². The molecule has 0 aliphatic carbocycles. The van der Waals surface area contributed by atoms with Crippen molar-refractivity contribution in [1.82, 2.24) is 9.78 Å². The minimum atomic E-state index is -4.66. The van der Waals surface area contributed by atoms with Crippen molar-refractivity contribution in [3.63, 3.8) is 0 Å². The van der Waals surface area contributed by atoms with Crippen molar-refractivity contribution >= 4 is 23.5 Å². The van der Waals surface area contributed by atoms with Crippen LogP contribution in [0.5, 0.6) is 0 Å². The van der Waals surface area contributed by atoms with Gasteiger partial charge in [-0.05, 0) is 62.7 Å². The molecule has 5 rings (SSSR count). The van der Waals surface area contributed by atoms with Crippen LogP contribution in [0, 0.1) is 18.7 Å². The average molecular weight is 608 g/mol. The van der Waals surface area contributed by atoms with E-state index in [0.29, 0.717) is 28.3 Å². The largest absolute Gasteiger partial charge is 0.462 e. The molecule has 0 unspecified atom stereocenters. The lowest BCUT2D eigenvalue weighted by Gasteiger charge is -2.38. The van der Waals surface area contributed by atoms with Crippen molar-refractivity contribution in [2.75, 3.05) is 18.1 Å². The zero-order valence-corrected chi connectivity index (χ0v) is 24.2. The Kier molecular flexibility index (Phi) is 8.40. The number of para-hydroxylation sites is 1. The van der Waals surface area contributed by atoms with Gasteiger partial charge in [0, 0.05) is 30.0 Å². The van der Waals surface area contributed by atoms with E-state index in [2.05, 4.69) is 0 Å². The predicted molar refractivity (Wildman–Crippen MR) is 154 cm³/mol. The van der Waals surface area contributed by atoms with Gasteiger partial charge < -0.3 is 4.74 Å². The first-order chi connectivity index (χ1) is 21.0. The molecular weight excluding hydrogens is 578 g/mol. The summed E-state index contributed by atoms with van der Waals surface area (Å²) in [5.74, 6) is -4.37. The molecule has 7 nitrogen and oxygen atoms in total. The molecule has 2 heterocycles. The Hall–Kier alpha value is -4.80. The molecule has 1 aliphatic rings. The summed E-state index contributed by atoms with van der Waals surface area (Å²) >= 11 is 0. The number of Topliss-reactive ketones (excluding diaryl/α,β-unsaturated/α-hetero) is 1. The van der Waals surface area contributed by atoms with Gasteiger partial charge >= 0.3 is 12.1 Å². The van der Waals surface area contributed by atoms with E-state index in [1.807, 2.05) is 30.3 Å². The average Bonchev–Trinajstić information content (AvgIpc) is 3.34. The summed E-state index contributed by atoms with van der Waals surface area (Å²) in [5.41, 5.74) is 0.626. The van der Waals surface area contributed by atoms with Crippen LogP contribution in [0.3, 0.4) is 0 Å². The predicted octanol–water partition coefficient (Wildman–Crippen LogP) is 6.90. The number of carbonyl (C=O) groups excluding carboxylic acids is 3. The number of alkyl halides is 3. The van der Waals surface area contributed by atoms with E-state index in [1.54, 1.807) is 25.5 Å². The smallest absolute Gasteiger partial charge is 0.416 e. The van der Waals surface area contributed by atoms with E-state index >= 15 is 0 Å². The standard InChI is InChI=1S/C33H29F4N3O4/c1-4-39-30-28(19(3)38-40(30)23-12-7-6-8-13-23)29(21-14-15-26(34)24(17-21)32(43)44-5-2)25(31(39)42)18-27(41)20-10-9-11-22(16-20)33(35,36)37/h6-17,25,29H,4-5,18H2,1-3H3/t25-,29+/m0/s1. The first-order valence-electron chi connectivity index (χ1n) is 14.1. The Morgan fingerprint density at radius 2 is 1.70 bits per heavy atom. The van der Waals surface area contributed by atoms with Crippen LogP contribution in [0.1, 0.15) is 69.3 Å². The number of nitrogens with zero attached hydrogens (tertiary/aromatic N) is 3. The van der Waals surface area contributed by atoms with Crippen LogP contribution >= 0.6 is 0 Å².